The number of nitrogens with one attached hydrogen (secondary N) is 1. The van der Waals surface area contributed by atoms with Gasteiger partial charge >= 0.3 is 0 Å². The van der Waals surface area contributed by atoms with E-state index in [2.05, 4.69) is 15.4 Å². The van der Waals surface area contributed by atoms with Crippen LogP contribution in [0.1, 0.15) is 8.42 Å². The molecule has 4 rings (SSSR count). The van der Waals surface area contributed by atoms with Crippen LogP contribution in [-0.2, 0) is 0 Å². The van der Waals surface area contributed by atoms with E-state index in [0.29, 0.717) is 5.69 Å². The molecule has 0 unspecified atom stereocenters. The van der Waals surface area contributed by atoms with E-state index in [1.54, 1.807) is 0 Å². The summed E-state index contributed by atoms with van der Waals surface area (Å²) in [5, 5.41) is 16.3. The number of hydrogen-bond acceptors (Lipinski definition) is 5. The summed E-state index contributed by atoms with van der Waals surface area (Å²) in [6.45, 7) is 1.67. The largest absolute Gasteiger partial charge is 0.393 e. The van der Waals surface area contributed by atoms with Gasteiger partial charge in [0.05, 0.1) is 25.4 Å². The molecule has 0 spiro atoms. The van der Waals surface area contributed by atoms with Crippen LogP contribution in [0.3, 0.4) is 0 Å². The fraction of sp³-hybridized carbons (Fsp3) is 0.263. The number of aliphatic hydroxyl groups is 1. The Morgan fingerprint density at radius 1 is 1.11 bits per heavy atom. The molecule has 3 aromatic rings. The highest BCUT2D eigenvalue weighted by Crippen LogP contribution is 2.33. The van der Waals surface area contributed by atoms with Gasteiger partial charge in [-0.05, 0) is 42.8 Å². The predicted molar refractivity (Wildman–Crippen MR) is 103 cm³/mol. The molecule has 1 fully saturated rings. The number of nitrogens with zero attached hydrogens (tertiary/aromatic N) is 4. The maximum absolute atomic E-state index is 14.0. The van der Waals surface area contributed by atoms with E-state index in [9.17, 15) is 13.2 Å². The van der Waals surface area contributed by atoms with Gasteiger partial charge in [-0.1, -0.05) is 0 Å². The van der Waals surface area contributed by atoms with Crippen molar-refractivity contribution in [3.8, 4) is 5.69 Å². The summed E-state index contributed by atoms with van der Waals surface area (Å²) in [6, 6.07) is 8.71. The van der Waals surface area contributed by atoms with Crippen LogP contribution in [0.5, 0.6) is 0 Å². The molecule has 1 saturated heterocycles. The second kappa shape index (κ2) is 6.83. The van der Waals surface area contributed by atoms with Crippen molar-refractivity contribution in [3.63, 3.8) is 0 Å². The highest BCUT2D eigenvalue weighted by atomic mass is 19.1. The summed E-state index contributed by atoms with van der Waals surface area (Å²) in [5.74, 6) is -1.16. The number of aromatic nitrogens is 3. The third-order valence-electron chi connectivity index (χ3n) is 4.52. The molecule has 0 aliphatic carbocycles. The van der Waals surface area contributed by atoms with E-state index in [-0.39, 0.29) is 27.6 Å². The van der Waals surface area contributed by atoms with Gasteiger partial charge in [0.2, 0.25) is 5.95 Å². The fourth-order valence-corrected chi connectivity index (χ4v) is 3.18. The van der Waals surface area contributed by atoms with Crippen LogP contribution in [-0.4, -0.2) is 45.2 Å². The average Bonchev–Trinajstić information content (AvgIpc) is 3.06. The molecule has 9 heteroatoms. The Morgan fingerprint density at radius 3 is 2.50 bits per heavy atom. The Morgan fingerprint density at radius 2 is 1.82 bits per heavy atom. The van der Waals surface area contributed by atoms with Crippen LogP contribution in [0.25, 0.3) is 5.69 Å². The fourth-order valence-electron chi connectivity index (χ4n) is 3.18. The van der Waals surface area contributed by atoms with Crippen LogP contribution in [0.4, 0.5) is 30.5 Å². The molecule has 2 aromatic carbocycles. The zero-order valence-corrected chi connectivity index (χ0v) is 15.0. The van der Waals surface area contributed by atoms with Gasteiger partial charge < -0.3 is 15.3 Å². The molecular formula is C19H22F3N5O. The number of aliphatic hydroxyl groups excluding tert-OH is 1. The van der Waals surface area contributed by atoms with Crippen molar-refractivity contribution >= 4 is 17.3 Å². The molecule has 6 nitrogen and oxygen atoms in total. The van der Waals surface area contributed by atoms with Gasteiger partial charge in [0.1, 0.15) is 18.0 Å². The van der Waals surface area contributed by atoms with E-state index in [1.807, 2.05) is 30.0 Å². The Kier molecular flexibility index (Phi) is 4.46. The van der Waals surface area contributed by atoms with Crippen LogP contribution in [0.2, 0.25) is 0 Å². The minimum Gasteiger partial charge on any atom is -0.393 e. The molecule has 1 aliphatic heterocycles. The quantitative estimate of drug-likeness (QED) is 0.693. The van der Waals surface area contributed by atoms with E-state index in [1.165, 1.54) is 11.0 Å². The number of alkyl halides is 1. The summed E-state index contributed by atoms with van der Waals surface area (Å²) in [5.41, 5.74) is 1.12. The van der Waals surface area contributed by atoms with E-state index in [4.69, 9.17) is 5.11 Å². The van der Waals surface area contributed by atoms with Gasteiger partial charge in [-0.2, -0.15) is 4.98 Å². The van der Waals surface area contributed by atoms with E-state index in [0.717, 1.165) is 29.4 Å². The number of halogens is 3. The smallest absolute Gasteiger partial charge is 0.246 e. The molecular weight excluding hydrogens is 371 g/mol. The van der Waals surface area contributed by atoms with Crippen molar-refractivity contribution in [2.24, 2.45) is 0 Å². The zero-order chi connectivity index (χ0) is 19.9. The number of benzene rings is 2. The first kappa shape index (κ1) is 18.3. The zero-order valence-electron chi connectivity index (χ0n) is 15.0. The van der Waals surface area contributed by atoms with Crippen molar-refractivity contribution in [1.82, 2.24) is 14.8 Å². The van der Waals surface area contributed by atoms with Gasteiger partial charge in [-0.25, -0.2) is 17.9 Å². The van der Waals surface area contributed by atoms with Gasteiger partial charge in [-0.15, -0.1) is 5.10 Å². The predicted octanol–water partition coefficient (Wildman–Crippen LogP) is 3.61. The third kappa shape index (κ3) is 3.65. The minimum absolute atomic E-state index is 0. The second-order valence-electron chi connectivity index (χ2n) is 6.99. The van der Waals surface area contributed by atoms with Crippen molar-refractivity contribution < 1.29 is 21.1 Å². The lowest BCUT2D eigenvalue weighted by Gasteiger charge is -2.45. The molecule has 28 heavy (non-hydrogen) atoms. The Labute approximate surface area is 162 Å². The second-order valence-corrected chi connectivity index (χ2v) is 6.99. The topological polar surface area (TPSA) is 66.2 Å². The summed E-state index contributed by atoms with van der Waals surface area (Å²) >= 11 is 0. The van der Waals surface area contributed by atoms with Crippen LogP contribution >= 0.6 is 0 Å². The van der Waals surface area contributed by atoms with Gasteiger partial charge in [0, 0.05) is 20.3 Å². The number of hydrogen-bond donors (Lipinski definition) is 2. The molecule has 1 aromatic heterocycles. The summed E-state index contributed by atoms with van der Waals surface area (Å²) < 4.78 is 42.0. The summed E-state index contributed by atoms with van der Waals surface area (Å²) in [4.78, 5) is 5.94. The standard InChI is InChI=1S/C19H18F3N5O.2H2/c1-12-2-15(7-16(3-12)26-8-19(22,9-26)10-28)24-18-23-11-27(25-18)17-5-13(20)4-14(21)6-17;;/h2-7,11,28H,8-10H2,1H3,(H,24,25);2*1H. The molecule has 0 atom stereocenters. The van der Waals surface area contributed by atoms with Gasteiger partial charge in [0.15, 0.2) is 5.67 Å². The maximum Gasteiger partial charge on any atom is 0.246 e. The van der Waals surface area contributed by atoms with Gasteiger partial charge in [-0.3, -0.25) is 0 Å². The number of aryl methyl sites for hydroxylation is 1. The lowest BCUT2D eigenvalue weighted by Crippen LogP contribution is -2.61. The monoisotopic (exact) mass is 393 g/mol. The Balaban J connectivity index is 0.00000160. The lowest BCUT2D eigenvalue weighted by molar-refractivity contribution is 0.0445. The first-order valence-corrected chi connectivity index (χ1v) is 8.65. The molecule has 0 saturated carbocycles. The molecule has 0 radical (unpaired) electrons. The normalized spacial score (nSPS) is 15.4. The minimum atomic E-state index is -1.56. The maximum atomic E-state index is 14.0. The number of anilines is 3. The lowest BCUT2D eigenvalue weighted by atomic mass is 9.96. The van der Waals surface area contributed by atoms with E-state index >= 15 is 0 Å². The van der Waals surface area contributed by atoms with Crippen LogP contribution in [0, 0.1) is 18.6 Å². The first-order chi connectivity index (χ1) is 13.3. The van der Waals surface area contributed by atoms with Crippen LogP contribution in [0.15, 0.2) is 42.7 Å². The molecule has 150 valence electrons. The highest BCUT2D eigenvalue weighted by Gasteiger charge is 2.43. The Hall–Kier alpha value is -3.07. The third-order valence-corrected chi connectivity index (χ3v) is 4.52. The average molecular weight is 393 g/mol. The molecule has 0 amide bonds. The van der Waals surface area contributed by atoms with Gasteiger partial charge in [0.25, 0.3) is 0 Å². The highest BCUT2D eigenvalue weighted by molar-refractivity contribution is 5.65. The van der Waals surface area contributed by atoms with E-state index < -0.39 is 23.9 Å². The van der Waals surface area contributed by atoms with Crippen LogP contribution < -0.4 is 10.2 Å². The Bertz CT molecular complexity index is 1010. The van der Waals surface area contributed by atoms with Crippen molar-refractivity contribution in [2.45, 2.75) is 12.6 Å². The molecule has 2 N–H and O–H groups in total. The van der Waals surface area contributed by atoms with Crippen molar-refractivity contribution in [1.29, 1.82) is 0 Å². The summed E-state index contributed by atoms with van der Waals surface area (Å²) in [7, 11) is 0. The van der Waals surface area contributed by atoms with Crippen molar-refractivity contribution in [2.75, 3.05) is 29.9 Å². The molecule has 0 bridgehead atoms. The molecule has 2 heterocycles. The SMILES string of the molecule is Cc1cc(Nc2ncn(-c3cc(F)cc(F)c3)n2)cc(N2CC(F)(CO)C2)c1.[HH].[HH]. The first-order valence-electron chi connectivity index (χ1n) is 8.65. The van der Waals surface area contributed by atoms with Crippen molar-refractivity contribution in [3.05, 3.63) is 59.9 Å². The number of rotatable bonds is 5. The molecule has 1 aliphatic rings. The summed E-state index contributed by atoms with van der Waals surface area (Å²) in [6.07, 6.45) is 1.35.